The van der Waals surface area contributed by atoms with Gasteiger partial charge in [0, 0.05) is 17.4 Å². The lowest BCUT2D eigenvalue weighted by Crippen LogP contribution is -2.41. The van der Waals surface area contributed by atoms with Crippen LogP contribution in [0, 0.1) is 6.92 Å². The molecule has 2 heterocycles. The number of benzene rings is 1. The maximum atomic E-state index is 12.6. The van der Waals surface area contributed by atoms with Gasteiger partial charge in [-0.3, -0.25) is 0 Å². The third-order valence-electron chi connectivity index (χ3n) is 6.49. The van der Waals surface area contributed by atoms with E-state index in [4.69, 9.17) is 18.8 Å². The molecule has 1 aliphatic heterocycles. The van der Waals surface area contributed by atoms with Crippen molar-refractivity contribution in [1.82, 2.24) is 9.97 Å². The topological polar surface area (TPSA) is 91.8 Å². The Morgan fingerprint density at radius 1 is 1.18 bits per heavy atom. The number of aryl methyl sites for hydroxylation is 1. The number of carbonyl (C=O) groups is 1. The van der Waals surface area contributed by atoms with Gasteiger partial charge in [0.05, 0.1) is 23.9 Å². The monoisotopic (exact) mass is 469 g/mol. The highest BCUT2D eigenvalue weighted by atomic mass is 16.7. The number of anilines is 2. The van der Waals surface area contributed by atoms with Crippen molar-refractivity contribution in [2.75, 3.05) is 12.4 Å². The van der Waals surface area contributed by atoms with E-state index in [1.807, 2.05) is 40.7 Å². The van der Waals surface area contributed by atoms with Gasteiger partial charge in [-0.1, -0.05) is 26.3 Å². The van der Waals surface area contributed by atoms with E-state index < -0.39 is 24.3 Å². The third-order valence-corrected chi connectivity index (χ3v) is 6.49. The Labute approximate surface area is 202 Å². The van der Waals surface area contributed by atoms with Gasteiger partial charge >= 0.3 is 13.1 Å². The maximum Gasteiger partial charge on any atom is 0.495 e. The average Bonchev–Trinajstić information content (AvgIpc) is 3.01. The van der Waals surface area contributed by atoms with Gasteiger partial charge in [0.1, 0.15) is 6.10 Å². The molecule has 1 saturated heterocycles. The molecule has 1 unspecified atom stereocenters. The number of methoxy groups -OCH3 is 1. The Morgan fingerprint density at radius 3 is 2.44 bits per heavy atom. The number of nitrogens with one attached hydrogen (secondary N) is 1. The van der Waals surface area contributed by atoms with Gasteiger partial charge in [-0.2, -0.15) is 4.98 Å². The van der Waals surface area contributed by atoms with Crippen LogP contribution in [0.5, 0.6) is 5.88 Å². The quantitative estimate of drug-likeness (QED) is 0.422. The lowest BCUT2D eigenvalue weighted by molar-refractivity contribution is 0.00578. The Hall–Kier alpha value is -2.65. The number of esters is 1. The number of hydrogen-bond donors (Lipinski definition) is 1. The van der Waals surface area contributed by atoms with Crippen molar-refractivity contribution >= 4 is 30.2 Å². The molecule has 8 nitrogen and oxygen atoms in total. The van der Waals surface area contributed by atoms with Gasteiger partial charge in [0.25, 0.3) is 0 Å². The van der Waals surface area contributed by atoms with Gasteiger partial charge in [0.15, 0.2) is 0 Å². The van der Waals surface area contributed by atoms with Crippen molar-refractivity contribution in [3.63, 3.8) is 0 Å². The normalized spacial score (nSPS) is 17.4. The number of hydrogen-bond acceptors (Lipinski definition) is 8. The summed E-state index contributed by atoms with van der Waals surface area (Å²) in [6.45, 7) is 14.0. The van der Waals surface area contributed by atoms with Crippen LogP contribution in [-0.4, -0.2) is 47.5 Å². The molecule has 0 spiro atoms. The van der Waals surface area contributed by atoms with E-state index in [-0.39, 0.29) is 6.10 Å². The van der Waals surface area contributed by atoms with Crippen molar-refractivity contribution in [1.29, 1.82) is 0 Å². The molecule has 0 bridgehead atoms. The second kappa shape index (κ2) is 10.3. The zero-order valence-corrected chi connectivity index (χ0v) is 21.5. The van der Waals surface area contributed by atoms with Crippen LogP contribution in [0.15, 0.2) is 24.4 Å². The summed E-state index contributed by atoms with van der Waals surface area (Å²) < 4.78 is 23.4. The van der Waals surface area contributed by atoms with Crippen LogP contribution in [0.1, 0.15) is 76.7 Å². The summed E-state index contributed by atoms with van der Waals surface area (Å²) in [5, 5.41) is 3.17. The second-order valence-corrected chi connectivity index (χ2v) is 9.63. The summed E-state index contributed by atoms with van der Waals surface area (Å²) in [6.07, 6.45) is 4.74. The molecule has 1 fully saturated rings. The van der Waals surface area contributed by atoms with Crippen LogP contribution >= 0.6 is 0 Å². The summed E-state index contributed by atoms with van der Waals surface area (Å²) in [6, 6.07) is 5.33. The molecular weight excluding hydrogens is 433 g/mol. The van der Waals surface area contributed by atoms with Crippen molar-refractivity contribution in [3.8, 4) is 5.88 Å². The lowest BCUT2D eigenvalue weighted by atomic mass is 9.75. The van der Waals surface area contributed by atoms with Gasteiger partial charge in [-0.05, 0) is 65.1 Å². The van der Waals surface area contributed by atoms with Crippen molar-refractivity contribution < 1.29 is 23.6 Å². The molecule has 3 rings (SSSR count). The first kappa shape index (κ1) is 26.0. The van der Waals surface area contributed by atoms with Crippen molar-refractivity contribution in [2.45, 2.75) is 85.0 Å². The van der Waals surface area contributed by atoms with E-state index >= 15 is 0 Å². The van der Waals surface area contributed by atoms with Gasteiger partial charge in [-0.25, -0.2) is 9.78 Å². The summed E-state index contributed by atoms with van der Waals surface area (Å²) in [5.41, 5.74) is 1.41. The highest BCUT2D eigenvalue weighted by Crippen LogP contribution is 2.37. The SMILES string of the molecule is CCCC(CC)Oc1nc(Nc2ccc(B3OC(C)(C)C(C)(C)O3)c(C(=O)OC)c2)ncc1C. The van der Waals surface area contributed by atoms with E-state index in [9.17, 15) is 4.79 Å². The molecule has 2 aromatic rings. The highest BCUT2D eigenvalue weighted by molar-refractivity contribution is 6.63. The maximum absolute atomic E-state index is 12.6. The fourth-order valence-electron chi connectivity index (χ4n) is 3.66. The number of carbonyl (C=O) groups excluding carboxylic acids is 1. The van der Waals surface area contributed by atoms with Crippen LogP contribution in [0.25, 0.3) is 0 Å². The van der Waals surface area contributed by atoms with Gasteiger partial charge in [-0.15, -0.1) is 0 Å². The first-order valence-electron chi connectivity index (χ1n) is 11.9. The molecule has 1 N–H and O–H groups in total. The summed E-state index contributed by atoms with van der Waals surface area (Å²) in [5.74, 6) is 0.457. The number of ether oxygens (including phenoxy) is 2. The molecule has 0 radical (unpaired) electrons. The molecule has 0 saturated carbocycles. The molecule has 0 aliphatic carbocycles. The number of rotatable bonds is 9. The van der Waals surface area contributed by atoms with Crippen LogP contribution in [0.4, 0.5) is 11.6 Å². The highest BCUT2D eigenvalue weighted by Gasteiger charge is 2.52. The predicted molar refractivity (Wildman–Crippen MR) is 133 cm³/mol. The first-order chi connectivity index (χ1) is 16.0. The average molecular weight is 469 g/mol. The van der Waals surface area contributed by atoms with Gasteiger partial charge in [0.2, 0.25) is 11.8 Å². The largest absolute Gasteiger partial charge is 0.495 e. The standard InChI is InChI=1S/C25H36BN3O5/c1-9-11-18(10-2)32-21-16(3)15-27-23(29-21)28-17-12-13-20(19(14-17)22(30)31-8)26-33-24(4,5)25(6,7)34-26/h12-15,18H,9-11H2,1-8H3,(H,27,28,29). The van der Waals surface area contributed by atoms with Crippen molar-refractivity contribution in [3.05, 3.63) is 35.5 Å². The number of nitrogens with zero attached hydrogens (tertiary/aromatic N) is 2. The molecule has 1 aromatic carbocycles. The molecular formula is C25H36BN3O5. The van der Waals surface area contributed by atoms with Crippen LogP contribution < -0.4 is 15.5 Å². The van der Waals surface area contributed by atoms with Gasteiger partial charge < -0.3 is 24.1 Å². The Bertz CT molecular complexity index is 1010. The van der Waals surface area contributed by atoms with Crippen LogP contribution in [0.3, 0.4) is 0 Å². The smallest absolute Gasteiger partial charge is 0.474 e. The summed E-state index contributed by atoms with van der Waals surface area (Å²) in [7, 11) is 0.664. The van der Waals surface area contributed by atoms with Crippen LogP contribution in [-0.2, 0) is 14.0 Å². The van der Waals surface area contributed by atoms with E-state index in [0.717, 1.165) is 24.8 Å². The van der Waals surface area contributed by atoms with E-state index in [1.165, 1.54) is 7.11 Å². The third kappa shape index (κ3) is 5.53. The minimum atomic E-state index is -0.687. The molecule has 1 aromatic heterocycles. The summed E-state index contributed by atoms with van der Waals surface area (Å²) in [4.78, 5) is 21.6. The molecule has 184 valence electrons. The fourth-order valence-corrected chi connectivity index (χ4v) is 3.66. The first-order valence-corrected chi connectivity index (χ1v) is 11.9. The second-order valence-electron chi connectivity index (χ2n) is 9.63. The molecule has 34 heavy (non-hydrogen) atoms. The van der Waals surface area contributed by atoms with E-state index in [0.29, 0.717) is 28.5 Å². The van der Waals surface area contributed by atoms with Crippen LogP contribution in [0.2, 0.25) is 0 Å². The fraction of sp³-hybridized carbons (Fsp3) is 0.560. The van der Waals surface area contributed by atoms with E-state index in [1.54, 1.807) is 18.3 Å². The minimum absolute atomic E-state index is 0.108. The number of aromatic nitrogens is 2. The molecule has 1 aliphatic rings. The van der Waals surface area contributed by atoms with E-state index in [2.05, 4.69) is 29.1 Å². The predicted octanol–water partition coefficient (Wildman–Crippen LogP) is 4.57. The summed E-state index contributed by atoms with van der Waals surface area (Å²) >= 11 is 0. The zero-order chi connectivity index (χ0) is 25.1. The Balaban J connectivity index is 1.88. The molecule has 1 atom stereocenters. The Morgan fingerprint density at radius 2 is 1.85 bits per heavy atom. The minimum Gasteiger partial charge on any atom is -0.474 e. The van der Waals surface area contributed by atoms with Crippen molar-refractivity contribution in [2.24, 2.45) is 0 Å². The molecule has 9 heteroatoms. The Kier molecular flexibility index (Phi) is 7.88. The molecule has 0 amide bonds. The lowest BCUT2D eigenvalue weighted by Gasteiger charge is -2.32. The zero-order valence-electron chi connectivity index (χ0n) is 21.5.